The Labute approximate surface area is 124 Å². The summed E-state index contributed by atoms with van der Waals surface area (Å²) in [5.74, 6) is -1.39. The second kappa shape index (κ2) is 6.32. The van der Waals surface area contributed by atoms with Gasteiger partial charge in [0.25, 0.3) is 5.69 Å². The molecule has 1 atom stereocenters. The fourth-order valence-electron chi connectivity index (χ4n) is 1.73. The number of nitrogens with zero attached hydrogens (tertiary/aromatic N) is 1. The van der Waals surface area contributed by atoms with E-state index in [1.807, 2.05) is 0 Å². The highest BCUT2D eigenvalue weighted by atomic mass is 35.5. The van der Waals surface area contributed by atoms with Gasteiger partial charge >= 0.3 is 0 Å². The van der Waals surface area contributed by atoms with Crippen molar-refractivity contribution in [1.82, 2.24) is 0 Å². The van der Waals surface area contributed by atoms with Crippen LogP contribution in [0, 0.1) is 15.9 Å². The zero-order chi connectivity index (χ0) is 15.4. The van der Waals surface area contributed by atoms with Crippen LogP contribution in [0.2, 0.25) is 0 Å². The lowest BCUT2D eigenvalue weighted by Crippen LogP contribution is -2.18. The maximum Gasteiger partial charge on any atom is 0.295 e. The van der Waals surface area contributed by atoms with Gasteiger partial charge in [0.05, 0.1) is 11.0 Å². The first-order valence-electron chi connectivity index (χ1n) is 5.93. The second-order valence-electron chi connectivity index (χ2n) is 4.18. The maximum atomic E-state index is 13.0. The molecule has 5 nitrogen and oxygen atoms in total. The molecule has 0 aliphatic carbocycles. The van der Waals surface area contributed by atoms with Crippen LogP contribution in [-0.2, 0) is 4.79 Å². The zero-order valence-electron chi connectivity index (χ0n) is 10.6. The van der Waals surface area contributed by atoms with Gasteiger partial charge in [0, 0.05) is 0 Å². The van der Waals surface area contributed by atoms with E-state index in [1.165, 1.54) is 0 Å². The van der Waals surface area contributed by atoms with Crippen LogP contribution >= 0.6 is 11.6 Å². The van der Waals surface area contributed by atoms with E-state index in [0.717, 1.165) is 18.2 Å². The smallest absolute Gasteiger partial charge is 0.295 e. The predicted molar refractivity (Wildman–Crippen MR) is 76.7 cm³/mol. The Bertz CT molecular complexity index is 679. The van der Waals surface area contributed by atoms with E-state index >= 15 is 0 Å². The van der Waals surface area contributed by atoms with E-state index in [4.69, 9.17) is 11.6 Å². The Morgan fingerprint density at radius 1 is 1.24 bits per heavy atom. The van der Waals surface area contributed by atoms with Crippen molar-refractivity contribution in [2.75, 3.05) is 5.32 Å². The SMILES string of the molecule is O=C(Nc1ccc(F)cc1[N+](=O)[O-])C(Cl)c1ccccc1. The summed E-state index contributed by atoms with van der Waals surface area (Å²) in [5, 5.41) is 12.2. The lowest BCUT2D eigenvalue weighted by molar-refractivity contribution is -0.384. The van der Waals surface area contributed by atoms with E-state index in [1.54, 1.807) is 30.3 Å². The molecule has 2 rings (SSSR count). The van der Waals surface area contributed by atoms with Crippen molar-refractivity contribution >= 4 is 28.9 Å². The largest absolute Gasteiger partial charge is 0.319 e. The van der Waals surface area contributed by atoms with Gasteiger partial charge in [-0.15, -0.1) is 11.6 Å². The highest BCUT2D eigenvalue weighted by Crippen LogP contribution is 2.28. The van der Waals surface area contributed by atoms with Crippen LogP contribution < -0.4 is 5.32 Å². The van der Waals surface area contributed by atoms with Gasteiger partial charge in [-0.25, -0.2) is 4.39 Å². The molecule has 0 aliphatic heterocycles. The molecule has 0 bridgehead atoms. The summed E-state index contributed by atoms with van der Waals surface area (Å²) in [6.45, 7) is 0. The summed E-state index contributed by atoms with van der Waals surface area (Å²) in [7, 11) is 0. The Hall–Kier alpha value is -2.47. The van der Waals surface area contributed by atoms with Crippen molar-refractivity contribution in [3.05, 3.63) is 70.0 Å². The molecular formula is C14H10ClFN2O3. The Kier molecular flexibility index (Phi) is 4.49. The van der Waals surface area contributed by atoms with Crippen molar-refractivity contribution in [3.63, 3.8) is 0 Å². The van der Waals surface area contributed by atoms with Crippen molar-refractivity contribution in [2.24, 2.45) is 0 Å². The number of benzene rings is 2. The van der Waals surface area contributed by atoms with Crippen LogP contribution in [0.1, 0.15) is 10.9 Å². The highest BCUT2D eigenvalue weighted by Gasteiger charge is 2.22. The fourth-order valence-corrected chi connectivity index (χ4v) is 1.93. The van der Waals surface area contributed by atoms with Crippen LogP contribution in [0.15, 0.2) is 48.5 Å². The summed E-state index contributed by atoms with van der Waals surface area (Å²) in [6.07, 6.45) is 0. The third kappa shape index (κ3) is 3.55. The standard InChI is InChI=1S/C14H10ClFN2O3/c15-13(9-4-2-1-3-5-9)14(19)17-11-7-6-10(16)8-12(11)18(20)21/h1-8,13H,(H,17,19). The number of hydrogen-bond acceptors (Lipinski definition) is 3. The number of hydrogen-bond donors (Lipinski definition) is 1. The third-order valence-corrected chi connectivity index (χ3v) is 3.19. The Morgan fingerprint density at radius 2 is 1.90 bits per heavy atom. The van der Waals surface area contributed by atoms with Crippen LogP contribution in [0.4, 0.5) is 15.8 Å². The number of anilines is 1. The first-order chi connectivity index (χ1) is 9.99. The van der Waals surface area contributed by atoms with E-state index in [2.05, 4.69) is 5.32 Å². The van der Waals surface area contributed by atoms with Gasteiger partial charge in [0.2, 0.25) is 5.91 Å². The van der Waals surface area contributed by atoms with Gasteiger partial charge in [0.15, 0.2) is 0 Å². The van der Waals surface area contributed by atoms with E-state index < -0.39 is 27.7 Å². The molecule has 7 heteroatoms. The predicted octanol–water partition coefficient (Wildman–Crippen LogP) is 3.65. The topological polar surface area (TPSA) is 72.2 Å². The number of amides is 1. The monoisotopic (exact) mass is 308 g/mol. The lowest BCUT2D eigenvalue weighted by Gasteiger charge is -2.11. The summed E-state index contributed by atoms with van der Waals surface area (Å²) in [6, 6.07) is 11.4. The number of nitrogens with one attached hydrogen (secondary N) is 1. The molecule has 108 valence electrons. The minimum atomic E-state index is -1.00. The highest BCUT2D eigenvalue weighted by molar-refractivity contribution is 6.32. The number of nitro benzene ring substituents is 1. The van der Waals surface area contributed by atoms with Gasteiger partial charge in [-0.3, -0.25) is 14.9 Å². The summed E-state index contributed by atoms with van der Waals surface area (Å²) in [5.41, 5.74) is -0.0744. The van der Waals surface area contributed by atoms with Crippen molar-refractivity contribution in [1.29, 1.82) is 0 Å². The minimum absolute atomic E-state index is 0.104. The first-order valence-corrected chi connectivity index (χ1v) is 6.36. The number of alkyl halides is 1. The molecule has 0 aliphatic rings. The normalized spacial score (nSPS) is 11.7. The maximum absolute atomic E-state index is 13.0. The molecule has 0 saturated heterocycles. The van der Waals surface area contributed by atoms with E-state index in [-0.39, 0.29) is 5.69 Å². The number of carbonyl (C=O) groups excluding carboxylic acids is 1. The molecule has 0 aromatic heterocycles. The molecule has 0 fully saturated rings. The molecule has 21 heavy (non-hydrogen) atoms. The van der Waals surface area contributed by atoms with E-state index in [0.29, 0.717) is 5.56 Å². The number of rotatable bonds is 4. The molecule has 1 unspecified atom stereocenters. The summed E-state index contributed by atoms with van der Waals surface area (Å²) < 4.78 is 13.0. The molecule has 2 aromatic rings. The first kappa shape index (κ1) is 14.9. The summed E-state index contributed by atoms with van der Waals surface area (Å²) >= 11 is 6.01. The van der Waals surface area contributed by atoms with Crippen molar-refractivity contribution < 1.29 is 14.1 Å². The molecule has 1 amide bonds. The number of carbonyl (C=O) groups is 1. The number of halogens is 2. The molecule has 0 saturated carbocycles. The third-order valence-electron chi connectivity index (χ3n) is 2.74. The van der Waals surface area contributed by atoms with Crippen LogP contribution in [-0.4, -0.2) is 10.8 Å². The molecule has 1 N–H and O–H groups in total. The van der Waals surface area contributed by atoms with Gasteiger partial charge in [-0.1, -0.05) is 30.3 Å². The Balaban J connectivity index is 2.22. The van der Waals surface area contributed by atoms with Crippen molar-refractivity contribution in [2.45, 2.75) is 5.38 Å². The molecule has 0 spiro atoms. The van der Waals surface area contributed by atoms with Gasteiger partial charge in [-0.05, 0) is 17.7 Å². The Morgan fingerprint density at radius 3 is 2.52 bits per heavy atom. The molecule has 2 aromatic carbocycles. The van der Waals surface area contributed by atoms with Crippen molar-refractivity contribution in [3.8, 4) is 0 Å². The minimum Gasteiger partial charge on any atom is -0.319 e. The van der Waals surface area contributed by atoms with Gasteiger partial charge in [-0.2, -0.15) is 0 Å². The van der Waals surface area contributed by atoms with E-state index in [9.17, 15) is 19.3 Å². The molecule has 0 heterocycles. The van der Waals surface area contributed by atoms with Gasteiger partial charge in [0.1, 0.15) is 16.9 Å². The number of nitro groups is 1. The molecule has 0 radical (unpaired) electrons. The lowest BCUT2D eigenvalue weighted by atomic mass is 10.1. The quantitative estimate of drug-likeness (QED) is 0.532. The van der Waals surface area contributed by atoms with Crippen LogP contribution in [0.25, 0.3) is 0 Å². The zero-order valence-corrected chi connectivity index (χ0v) is 11.4. The molecular weight excluding hydrogens is 299 g/mol. The van der Waals surface area contributed by atoms with Crippen LogP contribution in [0.5, 0.6) is 0 Å². The summed E-state index contributed by atoms with van der Waals surface area (Å²) in [4.78, 5) is 22.1. The average molecular weight is 309 g/mol. The average Bonchev–Trinajstić information content (AvgIpc) is 2.49. The van der Waals surface area contributed by atoms with Crippen LogP contribution in [0.3, 0.4) is 0 Å². The fraction of sp³-hybridized carbons (Fsp3) is 0.0714. The van der Waals surface area contributed by atoms with Gasteiger partial charge < -0.3 is 5.32 Å². The second-order valence-corrected chi connectivity index (χ2v) is 4.62.